The van der Waals surface area contributed by atoms with E-state index in [2.05, 4.69) is 4.90 Å². The number of ether oxygens (including phenoxy) is 2. The van der Waals surface area contributed by atoms with Crippen LogP contribution in [0.1, 0.15) is 12.8 Å². The number of likely N-dealkylation sites (tertiary alicyclic amines) is 1. The molecule has 0 saturated carbocycles. The van der Waals surface area contributed by atoms with Crippen molar-refractivity contribution in [2.24, 2.45) is 0 Å². The Balaban J connectivity index is 1.51. The number of piperidine rings is 1. The van der Waals surface area contributed by atoms with Gasteiger partial charge in [-0.15, -0.1) is 0 Å². The Hall–Kier alpha value is -1.70. The van der Waals surface area contributed by atoms with Gasteiger partial charge in [0.25, 0.3) is 0 Å². The molecule has 0 spiro atoms. The summed E-state index contributed by atoms with van der Waals surface area (Å²) in [6.45, 7) is 4.19. The van der Waals surface area contributed by atoms with Crippen LogP contribution in [0.5, 0.6) is 5.75 Å². The third-order valence-corrected chi connectivity index (χ3v) is 4.69. The lowest BCUT2D eigenvalue weighted by atomic mass is 9.93. The van der Waals surface area contributed by atoms with Crippen molar-refractivity contribution in [2.75, 3.05) is 52.5 Å². The Morgan fingerprint density at radius 1 is 1.24 bits per heavy atom. The van der Waals surface area contributed by atoms with E-state index in [9.17, 15) is 14.3 Å². The Labute approximate surface area is 147 Å². The maximum absolute atomic E-state index is 12.9. The van der Waals surface area contributed by atoms with E-state index in [0.717, 1.165) is 19.5 Å². The van der Waals surface area contributed by atoms with E-state index < -0.39 is 5.60 Å². The molecule has 1 unspecified atom stereocenters. The van der Waals surface area contributed by atoms with Gasteiger partial charge in [-0.25, -0.2) is 4.39 Å². The van der Waals surface area contributed by atoms with Gasteiger partial charge in [-0.05, 0) is 37.1 Å². The number of benzene rings is 1. The molecule has 0 aliphatic carbocycles. The average molecular weight is 352 g/mol. The van der Waals surface area contributed by atoms with Crippen molar-refractivity contribution in [3.8, 4) is 5.75 Å². The molecule has 2 fully saturated rings. The molecule has 2 saturated heterocycles. The molecule has 2 aliphatic rings. The molecule has 138 valence electrons. The number of hydrogen-bond donors (Lipinski definition) is 1. The molecule has 2 heterocycles. The van der Waals surface area contributed by atoms with E-state index in [1.54, 1.807) is 4.90 Å². The molecule has 7 heteroatoms. The summed E-state index contributed by atoms with van der Waals surface area (Å²) in [6.07, 6.45) is 1.31. The van der Waals surface area contributed by atoms with E-state index in [-0.39, 0.29) is 24.9 Å². The Morgan fingerprint density at radius 3 is 2.68 bits per heavy atom. The van der Waals surface area contributed by atoms with Gasteiger partial charge in [0.1, 0.15) is 23.8 Å². The first-order valence-corrected chi connectivity index (χ1v) is 8.73. The van der Waals surface area contributed by atoms with Gasteiger partial charge < -0.3 is 19.5 Å². The maximum Gasteiger partial charge on any atom is 0.236 e. The summed E-state index contributed by atoms with van der Waals surface area (Å²) >= 11 is 0. The zero-order chi connectivity index (χ0) is 17.7. The number of rotatable bonds is 5. The SMILES string of the molecule is O=C(CN1CCOCC1)N1CCCC(O)(COc2ccc(F)cc2)C1. The van der Waals surface area contributed by atoms with Crippen molar-refractivity contribution >= 4 is 5.91 Å². The lowest BCUT2D eigenvalue weighted by Gasteiger charge is -2.39. The normalized spacial score (nSPS) is 25.0. The van der Waals surface area contributed by atoms with Crippen molar-refractivity contribution in [1.29, 1.82) is 0 Å². The van der Waals surface area contributed by atoms with Crippen molar-refractivity contribution < 1.29 is 23.8 Å². The Kier molecular flexibility index (Phi) is 5.88. The summed E-state index contributed by atoms with van der Waals surface area (Å²) in [5.41, 5.74) is -1.08. The molecule has 1 aromatic rings. The summed E-state index contributed by atoms with van der Waals surface area (Å²) in [5.74, 6) is 0.206. The van der Waals surface area contributed by atoms with Gasteiger partial charge in [-0.2, -0.15) is 0 Å². The number of carbonyl (C=O) groups is 1. The Bertz CT molecular complexity index is 577. The van der Waals surface area contributed by atoms with Crippen molar-refractivity contribution in [3.05, 3.63) is 30.1 Å². The highest BCUT2D eigenvalue weighted by molar-refractivity contribution is 5.78. The van der Waals surface area contributed by atoms with Gasteiger partial charge in [-0.3, -0.25) is 9.69 Å². The van der Waals surface area contributed by atoms with E-state index in [4.69, 9.17) is 9.47 Å². The van der Waals surface area contributed by atoms with Crippen LogP contribution in [0.4, 0.5) is 4.39 Å². The van der Waals surface area contributed by atoms with Crippen LogP contribution in [-0.4, -0.2) is 79.0 Å². The van der Waals surface area contributed by atoms with Crippen LogP contribution in [0.15, 0.2) is 24.3 Å². The van der Waals surface area contributed by atoms with Crippen LogP contribution in [0.2, 0.25) is 0 Å². The monoisotopic (exact) mass is 352 g/mol. The fourth-order valence-corrected chi connectivity index (χ4v) is 3.24. The zero-order valence-electron chi connectivity index (χ0n) is 14.3. The van der Waals surface area contributed by atoms with E-state index in [0.29, 0.717) is 38.5 Å². The smallest absolute Gasteiger partial charge is 0.236 e. The molecule has 0 aromatic heterocycles. The fraction of sp³-hybridized carbons (Fsp3) is 0.611. The first-order valence-electron chi connectivity index (χ1n) is 8.73. The van der Waals surface area contributed by atoms with Crippen LogP contribution in [0.25, 0.3) is 0 Å². The minimum Gasteiger partial charge on any atom is -0.491 e. The van der Waals surface area contributed by atoms with Crippen molar-refractivity contribution in [1.82, 2.24) is 9.80 Å². The Morgan fingerprint density at radius 2 is 1.96 bits per heavy atom. The molecule has 3 rings (SSSR count). The summed E-state index contributed by atoms with van der Waals surface area (Å²) in [5, 5.41) is 10.8. The number of carbonyl (C=O) groups excluding carboxylic acids is 1. The molecule has 1 N–H and O–H groups in total. The van der Waals surface area contributed by atoms with Gasteiger partial charge in [-0.1, -0.05) is 0 Å². The molecule has 1 aromatic carbocycles. The van der Waals surface area contributed by atoms with Crippen LogP contribution in [0, 0.1) is 5.82 Å². The predicted octanol–water partition coefficient (Wildman–Crippen LogP) is 0.890. The largest absolute Gasteiger partial charge is 0.491 e. The molecule has 1 amide bonds. The van der Waals surface area contributed by atoms with Gasteiger partial charge >= 0.3 is 0 Å². The fourth-order valence-electron chi connectivity index (χ4n) is 3.24. The standard InChI is InChI=1S/C18H25FN2O4/c19-15-2-4-16(5-3-15)25-14-18(23)6-1-7-21(13-18)17(22)12-20-8-10-24-11-9-20/h2-5,23H,1,6-14H2. The number of morpholine rings is 1. The maximum atomic E-state index is 12.9. The predicted molar refractivity (Wildman–Crippen MR) is 89.9 cm³/mol. The second-order valence-electron chi connectivity index (χ2n) is 6.77. The lowest BCUT2D eigenvalue weighted by Crippen LogP contribution is -2.55. The minimum absolute atomic E-state index is 0.0295. The highest BCUT2D eigenvalue weighted by Crippen LogP contribution is 2.23. The highest BCUT2D eigenvalue weighted by atomic mass is 19.1. The van der Waals surface area contributed by atoms with Crippen LogP contribution in [-0.2, 0) is 9.53 Å². The van der Waals surface area contributed by atoms with Gasteiger partial charge in [0.2, 0.25) is 5.91 Å². The lowest BCUT2D eigenvalue weighted by molar-refractivity contribution is -0.142. The zero-order valence-corrected chi connectivity index (χ0v) is 14.3. The average Bonchev–Trinajstić information content (AvgIpc) is 2.62. The molecule has 2 aliphatic heterocycles. The van der Waals surface area contributed by atoms with E-state index in [1.807, 2.05) is 0 Å². The third-order valence-electron chi connectivity index (χ3n) is 4.69. The van der Waals surface area contributed by atoms with Crippen molar-refractivity contribution in [3.63, 3.8) is 0 Å². The molecule has 6 nitrogen and oxygen atoms in total. The van der Waals surface area contributed by atoms with E-state index in [1.165, 1.54) is 24.3 Å². The first kappa shape index (κ1) is 18.1. The molecular weight excluding hydrogens is 327 g/mol. The number of nitrogens with zero attached hydrogens (tertiary/aromatic N) is 2. The molecular formula is C18H25FN2O4. The van der Waals surface area contributed by atoms with Gasteiger partial charge in [0, 0.05) is 19.6 Å². The topological polar surface area (TPSA) is 62.2 Å². The summed E-state index contributed by atoms with van der Waals surface area (Å²) in [4.78, 5) is 16.3. The highest BCUT2D eigenvalue weighted by Gasteiger charge is 2.36. The number of β-amino-alcohol motifs (C(OH)–C–C–N with tert-alkyl or cyclic N) is 1. The summed E-state index contributed by atoms with van der Waals surface area (Å²) in [7, 11) is 0. The summed E-state index contributed by atoms with van der Waals surface area (Å²) in [6, 6.07) is 5.70. The number of aliphatic hydroxyl groups is 1. The second-order valence-corrected chi connectivity index (χ2v) is 6.77. The number of hydrogen-bond acceptors (Lipinski definition) is 5. The minimum atomic E-state index is -1.08. The second kappa shape index (κ2) is 8.12. The number of halogens is 1. The quantitative estimate of drug-likeness (QED) is 0.853. The van der Waals surface area contributed by atoms with Crippen LogP contribution in [0.3, 0.4) is 0 Å². The van der Waals surface area contributed by atoms with Crippen LogP contribution < -0.4 is 4.74 Å². The van der Waals surface area contributed by atoms with Gasteiger partial charge in [0.05, 0.1) is 26.3 Å². The molecule has 0 radical (unpaired) electrons. The summed E-state index contributed by atoms with van der Waals surface area (Å²) < 4.78 is 23.8. The first-order chi connectivity index (χ1) is 12.0. The number of amides is 1. The van der Waals surface area contributed by atoms with Gasteiger partial charge in [0.15, 0.2) is 0 Å². The van der Waals surface area contributed by atoms with Crippen LogP contribution >= 0.6 is 0 Å². The molecule has 0 bridgehead atoms. The van der Waals surface area contributed by atoms with Crippen molar-refractivity contribution in [2.45, 2.75) is 18.4 Å². The van der Waals surface area contributed by atoms with E-state index >= 15 is 0 Å². The molecule has 25 heavy (non-hydrogen) atoms. The molecule has 1 atom stereocenters. The third kappa shape index (κ3) is 5.14.